The van der Waals surface area contributed by atoms with Gasteiger partial charge in [0, 0.05) is 20.1 Å². The Morgan fingerprint density at radius 1 is 1.24 bits per heavy atom. The summed E-state index contributed by atoms with van der Waals surface area (Å²) >= 11 is 0. The van der Waals surface area contributed by atoms with Crippen LogP contribution in [0.3, 0.4) is 0 Å². The van der Waals surface area contributed by atoms with E-state index in [0.717, 1.165) is 31.2 Å². The lowest BCUT2D eigenvalue weighted by atomic mass is 10.1. The van der Waals surface area contributed by atoms with Gasteiger partial charge in [-0.2, -0.15) is 0 Å². The van der Waals surface area contributed by atoms with Crippen LogP contribution in [-0.4, -0.2) is 33.2 Å². The molecule has 0 radical (unpaired) electrons. The molecule has 0 saturated carbocycles. The van der Waals surface area contributed by atoms with Gasteiger partial charge >= 0.3 is 0 Å². The molecule has 0 spiro atoms. The largest absolute Gasteiger partial charge is 0.497 e. The van der Waals surface area contributed by atoms with Gasteiger partial charge in [0.15, 0.2) is 5.96 Å². The van der Waals surface area contributed by atoms with Gasteiger partial charge in [-0.1, -0.05) is 12.1 Å². The van der Waals surface area contributed by atoms with Crippen LogP contribution in [0, 0.1) is 0 Å². The van der Waals surface area contributed by atoms with Crippen molar-refractivity contribution < 1.29 is 4.74 Å². The molecule has 0 heterocycles. The van der Waals surface area contributed by atoms with E-state index >= 15 is 0 Å². The zero-order valence-corrected chi connectivity index (χ0v) is 10.8. The summed E-state index contributed by atoms with van der Waals surface area (Å²) in [5, 5.41) is 6.41. The van der Waals surface area contributed by atoms with Crippen LogP contribution in [-0.2, 0) is 6.42 Å². The Kier molecular flexibility index (Phi) is 5.93. The number of benzene rings is 1. The fraction of sp³-hybridized carbons (Fsp3) is 0.462. The maximum absolute atomic E-state index is 5.12. The average Bonchev–Trinajstić information content (AvgIpc) is 2.38. The highest BCUT2D eigenvalue weighted by Gasteiger charge is 1.97. The number of nitrogens with zero attached hydrogens (tertiary/aromatic N) is 1. The van der Waals surface area contributed by atoms with Gasteiger partial charge in [-0.3, -0.25) is 4.99 Å². The highest BCUT2D eigenvalue weighted by Crippen LogP contribution is 2.11. The Labute approximate surface area is 103 Å². The minimum Gasteiger partial charge on any atom is -0.497 e. The summed E-state index contributed by atoms with van der Waals surface area (Å²) in [4.78, 5) is 4.11. The fourth-order valence-corrected chi connectivity index (χ4v) is 1.51. The SMILES string of the molecule is CCNC(=NC)NCCc1ccc(OC)cc1. The molecule has 4 heteroatoms. The topological polar surface area (TPSA) is 45.7 Å². The van der Waals surface area contributed by atoms with E-state index in [-0.39, 0.29) is 0 Å². The monoisotopic (exact) mass is 235 g/mol. The Bertz CT molecular complexity index is 346. The maximum Gasteiger partial charge on any atom is 0.190 e. The van der Waals surface area contributed by atoms with Gasteiger partial charge < -0.3 is 15.4 Å². The second kappa shape index (κ2) is 7.54. The molecule has 2 N–H and O–H groups in total. The molecule has 4 nitrogen and oxygen atoms in total. The Morgan fingerprint density at radius 3 is 2.47 bits per heavy atom. The number of methoxy groups -OCH3 is 1. The predicted molar refractivity (Wildman–Crippen MR) is 71.7 cm³/mol. The van der Waals surface area contributed by atoms with Crippen molar-refractivity contribution in [2.24, 2.45) is 4.99 Å². The number of hydrogen-bond acceptors (Lipinski definition) is 2. The smallest absolute Gasteiger partial charge is 0.190 e. The first-order chi connectivity index (χ1) is 8.30. The van der Waals surface area contributed by atoms with Crippen molar-refractivity contribution >= 4 is 5.96 Å². The number of aliphatic imine (C=N–C) groups is 1. The number of ether oxygens (including phenoxy) is 1. The van der Waals surface area contributed by atoms with E-state index in [0.29, 0.717) is 0 Å². The second-order valence-corrected chi connectivity index (χ2v) is 3.63. The number of nitrogens with one attached hydrogen (secondary N) is 2. The van der Waals surface area contributed by atoms with Gasteiger partial charge in [0.1, 0.15) is 5.75 Å². The molecule has 0 fully saturated rings. The molecule has 0 amide bonds. The van der Waals surface area contributed by atoms with Crippen LogP contribution in [0.1, 0.15) is 12.5 Å². The summed E-state index contributed by atoms with van der Waals surface area (Å²) in [6.07, 6.45) is 0.967. The standard InChI is InChI=1S/C13H21N3O/c1-4-15-13(14-2)16-10-9-11-5-7-12(17-3)8-6-11/h5-8H,4,9-10H2,1-3H3,(H2,14,15,16). The summed E-state index contributed by atoms with van der Waals surface area (Å²) < 4.78 is 5.12. The Balaban J connectivity index is 2.34. The molecule has 0 aliphatic carbocycles. The minimum atomic E-state index is 0.848. The van der Waals surface area contributed by atoms with Crippen LogP contribution >= 0.6 is 0 Å². The summed E-state index contributed by atoms with van der Waals surface area (Å²) in [6, 6.07) is 8.12. The Hall–Kier alpha value is -1.71. The number of guanidine groups is 1. The molecule has 94 valence electrons. The van der Waals surface area contributed by atoms with Crippen LogP contribution in [0.25, 0.3) is 0 Å². The van der Waals surface area contributed by atoms with Gasteiger partial charge in [-0.25, -0.2) is 0 Å². The summed E-state index contributed by atoms with van der Waals surface area (Å²) in [5.41, 5.74) is 1.28. The van der Waals surface area contributed by atoms with E-state index in [1.54, 1.807) is 14.2 Å². The van der Waals surface area contributed by atoms with Crippen molar-refractivity contribution in [3.63, 3.8) is 0 Å². The zero-order valence-electron chi connectivity index (χ0n) is 10.8. The van der Waals surface area contributed by atoms with Crippen molar-refractivity contribution in [3.05, 3.63) is 29.8 Å². The van der Waals surface area contributed by atoms with Crippen molar-refractivity contribution in [1.29, 1.82) is 0 Å². The summed E-state index contributed by atoms with van der Waals surface area (Å²) in [7, 11) is 3.45. The first kappa shape index (κ1) is 13.4. The second-order valence-electron chi connectivity index (χ2n) is 3.63. The van der Waals surface area contributed by atoms with Crippen molar-refractivity contribution in [2.75, 3.05) is 27.2 Å². The van der Waals surface area contributed by atoms with E-state index in [1.165, 1.54) is 5.56 Å². The van der Waals surface area contributed by atoms with E-state index in [1.807, 2.05) is 12.1 Å². The first-order valence-corrected chi connectivity index (χ1v) is 5.87. The van der Waals surface area contributed by atoms with Crippen LogP contribution in [0.15, 0.2) is 29.3 Å². The maximum atomic E-state index is 5.12. The summed E-state index contributed by atoms with van der Waals surface area (Å²) in [5.74, 6) is 1.74. The van der Waals surface area contributed by atoms with E-state index < -0.39 is 0 Å². The van der Waals surface area contributed by atoms with Crippen molar-refractivity contribution in [1.82, 2.24) is 10.6 Å². The van der Waals surface area contributed by atoms with Crippen LogP contribution < -0.4 is 15.4 Å². The molecule has 0 aliphatic heterocycles. The Morgan fingerprint density at radius 2 is 1.94 bits per heavy atom. The molecule has 0 bridgehead atoms. The molecule has 0 aromatic heterocycles. The molecule has 1 aromatic carbocycles. The third kappa shape index (κ3) is 4.76. The third-order valence-corrected chi connectivity index (χ3v) is 2.43. The average molecular weight is 235 g/mol. The van der Waals surface area contributed by atoms with Crippen LogP contribution in [0.2, 0.25) is 0 Å². The fourth-order valence-electron chi connectivity index (χ4n) is 1.51. The molecular formula is C13H21N3O. The predicted octanol–water partition coefficient (Wildman–Crippen LogP) is 1.42. The molecule has 1 rings (SSSR count). The van der Waals surface area contributed by atoms with E-state index in [2.05, 4.69) is 34.7 Å². The number of hydrogen-bond donors (Lipinski definition) is 2. The van der Waals surface area contributed by atoms with Gasteiger partial charge in [0.05, 0.1) is 7.11 Å². The molecule has 17 heavy (non-hydrogen) atoms. The molecular weight excluding hydrogens is 214 g/mol. The molecule has 0 aliphatic rings. The quantitative estimate of drug-likeness (QED) is 0.599. The van der Waals surface area contributed by atoms with E-state index in [4.69, 9.17) is 4.74 Å². The highest BCUT2D eigenvalue weighted by molar-refractivity contribution is 5.79. The summed E-state index contributed by atoms with van der Waals surface area (Å²) in [6.45, 7) is 3.80. The van der Waals surface area contributed by atoms with Gasteiger partial charge in [-0.15, -0.1) is 0 Å². The normalized spacial score (nSPS) is 11.1. The van der Waals surface area contributed by atoms with Crippen molar-refractivity contribution in [2.45, 2.75) is 13.3 Å². The molecule has 0 atom stereocenters. The first-order valence-electron chi connectivity index (χ1n) is 5.87. The zero-order chi connectivity index (χ0) is 12.5. The van der Waals surface area contributed by atoms with Crippen LogP contribution in [0.4, 0.5) is 0 Å². The molecule has 0 unspecified atom stereocenters. The van der Waals surface area contributed by atoms with Gasteiger partial charge in [0.2, 0.25) is 0 Å². The van der Waals surface area contributed by atoms with E-state index in [9.17, 15) is 0 Å². The molecule has 0 saturated heterocycles. The molecule has 1 aromatic rings. The lowest BCUT2D eigenvalue weighted by Gasteiger charge is -2.10. The third-order valence-electron chi connectivity index (χ3n) is 2.43. The lowest BCUT2D eigenvalue weighted by molar-refractivity contribution is 0.414. The van der Waals surface area contributed by atoms with Crippen molar-refractivity contribution in [3.8, 4) is 5.75 Å². The van der Waals surface area contributed by atoms with Gasteiger partial charge in [-0.05, 0) is 31.0 Å². The van der Waals surface area contributed by atoms with Crippen LogP contribution in [0.5, 0.6) is 5.75 Å². The lowest BCUT2D eigenvalue weighted by Crippen LogP contribution is -2.38. The highest BCUT2D eigenvalue weighted by atomic mass is 16.5. The number of rotatable bonds is 5. The van der Waals surface area contributed by atoms with Gasteiger partial charge in [0.25, 0.3) is 0 Å². The minimum absolute atomic E-state index is 0.848.